The van der Waals surface area contributed by atoms with Crippen molar-refractivity contribution >= 4 is 22.8 Å². The van der Waals surface area contributed by atoms with E-state index in [1.54, 1.807) is 6.20 Å². The quantitative estimate of drug-likeness (QED) is 0.678. The topological polar surface area (TPSA) is 61.7 Å². The number of carbonyl (C=O) groups is 1. The zero-order valence-electron chi connectivity index (χ0n) is 13.1. The minimum atomic E-state index is -0.181. The standard InChI is InChI=1S/C19H16N4O/c24-16-9-3-7-14-17(16)18(12-5-4-10-20-11-12)23-15-8-2-1-6-13(15)21-19(23)22-14/h1-2,4-8,10-11,17-18H,3,9H2,(H,21,22)/p+1. The Morgan fingerprint density at radius 3 is 2.96 bits per heavy atom. The van der Waals surface area contributed by atoms with E-state index >= 15 is 0 Å². The summed E-state index contributed by atoms with van der Waals surface area (Å²) in [5, 5.41) is 3.45. The fraction of sp³-hybridized carbons (Fsp3) is 0.211. The Bertz CT molecular complexity index is 973. The zero-order valence-corrected chi connectivity index (χ0v) is 13.1. The van der Waals surface area contributed by atoms with Crippen LogP contribution in [0.4, 0.5) is 5.95 Å². The van der Waals surface area contributed by atoms with Gasteiger partial charge in [-0.15, -0.1) is 0 Å². The van der Waals surface area contributed by atoms with Gasteiger partial charge in [0.2, 0.25) is 0 Å². The molecular weight excluding hydrogens is 300 g/mol. The van der Waals surface area contributed by atoms with E-state index in [0.29, 0.717) is 6.42 Å². The summed E-state index contributed by atoms with van der Waals surface area (Å²) in [5.41, 5.74) is 4.21. The second kappa shape index (κ2) is 5.03. The van der Waals surface area contributed by atoms with E-state index in [4.69, 9.17) is 0 Å². The molecule has 2 N–H and O–H groups in total. The summed E-state index contributed by atoms with van der Waals surface area (Å²) < 4.78 is 2.21. The fourth-order valence-electron chi connectivity index (χ4n) is 3.96. The summed E-state index contributed by atoms with van der Waals surface area (Å²) in [6.45, 7) is 0. The summed E-state index contributed by atoms with van der Waals surface area (Å²) in [4.78, 5) is 20.5. The van der Waals surface area contributed by atoms with Crippen LogP contribution in [0.3, 0.4) is 0 Å². The van der Waals surface area contributed by atoms with Crippen LogP contribution >= 0.6 is 0 Å². The Balaban J connectivity index is 1.82. The van der Waals surface area contributed by atoms with Crippen molar-refractivity contribution in [1.29, 1.82) is 0 Å². The smallest absolute Gasteiger partial charge is 0.299 e. The number of hydrogen-bond donors (Lipinski definition) is 2. The normalized spacial score (nSPS) is 22.5. The highest BCUT2D eigenvalue weighted by molar-refractivity contribution is 5.87. The molecule has 3 aromatic rings. The number of pyridine rings is 1. The minimum Gasteiger partial charge on any atom is -0.299 e. The molecule has 5 nitrogen and oxygen atoms in total. The summed E-state index contributed by atoms with van der Waals surface area (Å²) in [6.07, 6.45) is 7.20. The van der Waals surface area contributed by atoms with Gasteiger partial charge in [0.15, 0.2) is 0 Å². The van der Waals surface area contributed by atoms with Crippen molar-refractivity contribution in [3.05, 3.63) is 66.1 Å². The fourth-order valence-corrected chi connectivity index (χ4v) is 3.96. The van der Waals surface area contributed by atoms with Crippen LogP contribution in [-0.2, 0) is 4.79 Å². The number of H-pyrrole nitrogens is 1. The number of allylic oxidation sites excluding steroid dienone is 2. The van der Waals surface area contributed by atoms with Gasteiger partial charge in [-0.1, -0.05) is 18.2 Å². The van der Waals surface area contributed by atoms with E-state index in [-0.39, 0.29) is 17.7 Å². The highest BCUT2D eigenvalue weighted by Gasteiger charge is 2.45. The maximum absolute atomic E-state index is 12.8. The molecule has 2 atom stereocenters. The van der Waals surface area contributed by atoms with Gasteiger partial charge in [-0.05, 0) is 30.7 Å². The van der Waals surface area contributed by atoms with E-state index in [1.165, 1.54) is 0 Å². The molecule has 5 rings (SSSR count). The lowest BCUT2D eigenvalue weighted by atomic mass is 9.81. The number of aromatic amines is 1. The van der Waals surface area contributed by atoms with Crippen LogP contribution in [-0.4, -0.2) is 15.8 Å². The van der Waals surface area contributed by atoms with E-state index in [0.717, 1.165) is 34.7 Å². The third-order valence-corrected chi connectivity index (χ3v) is 4.98. The average Bonchev–Trinajstić information content (AvgIpc) is 2.99. The van der Waals surface area contributed by atoms with E-state index in [9.17, 15) is 4.79 Å². The van der Waals surface area contributed by atoms with Crippen LogP contribution in [0.25, 0.3) is 11.0 Å². The maximum Gasteiger partial charge on any atom is 0.361 e. The molecule has 1 aliphatic carbocycles. The lowest BCUT2D eigenvalue weighted by molar-refractivity contribution is -0.681. The maximum atomic E-state index is 12.8. The summed E-state index contributed by atoms with van der Waals surface area (Å²) in [7, 11) is 0. The van der Waals surface area contributed by atoms with Crippen molar-refractivity contribution in [3.8, 4) is 0 Å². The highest BCUT2D eigenvalue weighted by atomic mass is 16.1. The SMILES string of the molecule is O=C1CCC=C2Nc3[nH]c4ccccc4[n+]3C(c3cccnc3)C12. The molecule has 0 amide bonds. The van der Waals surface area contributed by atoms with Gasteiger partial charge < -0.3 is 0 Å². The van der Waals surface area contributed by atoms with Gasteiger partial charge in [-0.2, -0.15) is 0 Å². The lowest BCUT2D eigenvalue weighted by Gasteiger charge is -2.32. The first kappa shape index (κ1) is 13.5. The number of para-hydroxylation sites is 2. The number of imidazole rings is 1. The monoisotopic (exact) mass is 317 g/mol. The number of nitrogens with one attached hydrogen (secondary N) is 2. The molecule has 1 aliphatic heterocycles. The second-order valence-electron chi connectivity index (χ2n) is 6.36. The van der Waals surface area contributed by atoms with Gasteiger partial charge in [0.1, 0.15) is 28.8 Å². The molecule has 2 aliphatic rings. The molecule has 2 unspecified atom stereocenters. The van der Waals surface area contributed by atoms with Crippen molar-refractivity contribution in [1.82, 2.24) is 9.97 Å². The Morgan fingerprint density at radius 1 is 1.17 bits per heavy atom. The number of Topliss-reactive ketones (excluding diaryl/α,β-unsaturated/α-hetero) is 1. The first-order chi connectivity index (χ1) is 11.8. The van der Waals surface area contributed by atoms with Gasteiger partial charge in [0.25, 0.3) is 0 Å². The summed E-state index contributed by atoms with van der Waals surface area (Å²) >= 11 is 0. The van der Waals surface area contributed by atoms with Crippen molar-refractivity contribution in [2.24, 2.45) is 5.92 Å². The van der Waals surface area contributed by atoms with E-state index in [1.807, 2.05) is 24.4 Å². The first-order valence-electron chi connectivity index (χ1n) is 8.25. The molecule has 0 radical (unpaired) electrons. The summed E-state index contributed by atoms with van der Waals surface area (Å²) in [5.74, 6) is 1.03. The molecule has 0 fully saturated rings. The number of nitrogens with zero attached hydrogens (tertiary/aromatic N) is 2. The van der Waals surface area contributed by atoms with Gasteiger partial charge in [0.05, 0.1) is 5.70 Å². The third kappa shape index (κ3) is 1.84. The largest absolute Gasteiger partial charge is 0.361 e. The number of ketones is 1. The third-order valence-electron chi connectivity index (χ3n) is 4.98. The number of rotatable bonds is 1. The zero-order chi connectivity index (χ0) is 16.1. The molecule has 0 saturated heterocycles. The van der Waals surface area contributed by atoms with Gasteiger partial charge in [-0.25, -0.2) is 14.9 Å². The number of anilines is 1. The first-order valence-corrected chi connectivity index (χ1v) is 8.25. The number of benzene rings is 1. The molecule has 5 heteroatoms. The number of carbonyl (C=O) groups excluding carboxylic acids is 1. The molecule has 0 spiro atoms. The molecule has 24 heavy (non-hydrogen) atoms. The number of aromatic nitrogens is 3. The van der Waals surface area contributed by atoms with Crippen molar-refractivity contribution in [3.63, 3.8) is 0 Å². The second-order valence-corrected chi connectivity index (χ2v) is 6.36. The van der Waals surface area contributed by atoms with Gasteiger partial charge in [-0.3, -0.25) is 9.78 Å². The van der Waals surface area contributed by atoms with Crippen LogP contribution in [0.1, 0.15) is 24.4 Å². The average molecular weight is 317 g/mol. The Morgan fingerprint density at radius 2 is 2.08 bits per heavy atom. The lowest BCUT2D eigenvalue weighted by Crippen LogP contribution is -2.53. The van der Waals surface area contributed by atoms with Gasteiger partial charge >= 0.3 is 5.95 Å². The van der Waals surface area contributed by atoms with Crippen LogP contribution < -0.4 is 9.88 Å². The number of hydrogen-bond acceptors (Lipinski definition) is 3. The van der Waals surface area contributed by atoms with Crippen LogP contribution in [0.15, 0.2) is 60.6 Å². The van der Waals surface area contributed by atoms with E-state index < -0.39 is 0 Å². The predicted molar refractivity (Wildman–Crippen MR) is 90.3 cm³/mol. The molecule has 0 saturated carbocycles. The molecule has 3 heterocycles. The number of fused-ring (bicyclic) bond motifs is 4. The molecule has 0 bridgehead atoms. The van der Waals surface area contributed by atoms with Crippen molar-refractivity contribution < 1.29 is 9.36 Å². The molecular formula is C19H17N4O+. The van der Waals surface area contributed by atoms with Crippen molar-refractivity contribution in [2.75, 3.05) is 5.32 Å². The Hall–Kier alpha value is -2.95. The predicted octanol–water partition coefficient (Wildman–Crippen LogP) is 2.73. The van der Waals surface area contributed by atoms with Crippen LogP contribution in [0.5, 0.6) is 0 Å². The molecule has 1 aromatic carbocycles. The van der Waals surface area contributed by atoms with Crippen LogP contribution in [0, 0.1) is 5.92 Å². The summed E-state index contributed by atoms with van der Waals surface area (Å²) in [6, 6.07) is 12.1. The Kier molecular flexibility index (Phi) is 2.82. The highest BCUT2D eigenvalue weighted by Crippen LogP contribution is 2.38. The molecule has 2 aromatic heterocycles. The van der Waals surface area contributed by atoms with Crippen molar-refractivity contribution in [2.45, 2.75) is 18.9 Å². The Labute approximate surface area is 139 Å². The minimum absolute atomic E-state index is 0.0786. The van der Waals surface area contributed by atoms with Crippen LogP contribution in [0.2, 0.25) is 0 Å². The van der Waals surface area contributed by atoms with Gasteiger partial charge in [0, 0.05) is 24.4 Å². The van der Waals surface area contributed by atoms with E-state index in [2.05, 4.69) is 44.1 Å². The molecule has 118 valence electrons.